The molecule has 0 bridgehead atoms. The number of thiophene rings is 1. The first-order valence-corrected chi connectivity index (χ1v) is 6.79. The molecule has 0 saturated carbocycles. The summed E-state index contributed by atoms with van der Waals surface area (Å²) < 4.78 is 0. The number of nitrogens with zero attached hydrogens (tertiary/aromatic N) is 1. The van der Waals surface area contributed by atoms with Crippen LogP contribution in [0.2, 0.25) is 0 Å². The van der Waals surface area contributed by atoms with Crippen molar-refractivity contribution >= 4 is 17.2 Å². The summed E-state index contributed by atoms with van der Waals surface area (Å²) in [4.78, 5) is 14.5. The number of rotatable bonds is 6. The van der Waals surface area contributed by atoms with Gasteiger partial charge in [0, 0.05) is 12.6 Å². The van der Waals surface area contributed by atoms with Crippen LogP contribution >= 0.6 is 11.3 Å². The molecule has 0 fully saturated rings. The third-order valence-electron chi connectivity index (χ3n) is 3.07. The Morgan fingerprint density at radius 3 is 2.71 bits per heavy atom. The van der Waals surface area contributed by atoms with Gasteiger partial charge in [0.1, 0.15) is 0 Å². The summed E-state index contributed by atoms with van der Waals surface area (Å²) >= 11 is 1.43. The van der Waals surface area contributed by atoms with Gasteiger partial charge in [-0.05, 0) is 36.9 Å². The maximum atomic E-state index is 11.5. The van der Waals surface area contributed by atoms with Crippen molar-refractivity contribution in [1.82, 2.24) is 10.3 Å². The summed E-state index contributed by atoms with van der Waals surface area (Å²) in [5.74, 6) is 4.97. The van der Waals surface area contributed by atoms with E-state index in [1.807, 2.05) is 11.4 Å². The van der Waals surface area contributed by atoms with Crippen LogP contribution in [0, 0.1) is 0 Å². The molecular weight excluding hydrogens is 234 g/mol. The zero-order chi connectivity index (χ0) is 12.8. The number of nitrogens with one attached hydrogen (secondary N) is 1. The maximum Gasteiger partial charge on any atom is 0.275 e. The molecule has 0 aliphatic heterocycles. The summed E-state index contributed by atoms with van der Waals surface area (Å²) in [6.45, 7) is 5.16. The minimum absolute atomic E-state index is 0.201. The highest BCUT2D eigenvalue weighted by Crippen LogP contribution is 2.20. The minimum atomic E-state index is -0.201. The Kier molecular flexibility index (Phi) is 5.61. The molecule has 1 aromatic rings. The zero-order valence-electron chi connectivity index (χ0n) is 10.7. The van der Waals surface area contributed by atoms with Crippen LogP contribution in [0.5, 0.6) is 0 Å². The lowest BCUT2D eigenvalue weighted by atomic mass is 10.1. The van der Waals surface area contributed by atoms with Gasteiger partial charge in [-0.25, -0.2) is 5.84 Å². The summed E-state index contributed by atoms with van der Waals surface area (Å²) in [6, 6.07) is 2.55. The standard InChI is InChI=1S/C12H21N3OS/c1-4-10(5-2)15(3)8-9-6-7-17-11(9)12(16)14-13/h6-7,10H,4-5,8,13H2,1-3H3,(H,14,16). The van der Waals surface area contributed by atoms with Crippen LogP contribution in [0.3, 0.4) is 0 Å². The van der Waals surface area contributed by atoms with Gasteiger partial charge in [0.05, 0.1) is 4.88 Å². The lowest BCUT2D eigenvalue weighted by molar-refractivity contribution is 0.0955. The van der Waals surface area contributed by atoms with Crippen LogP contribution in [0.4, 0.5) is 0 Å². The highest BCUT2D eigenvalue weighted by Gasteiger charge is 2.16. The Morgan fingerprint density at radius 2 is 2.18 bits per heavy atom. The molecule has 0 saturated heterocycles. The highest BCUT2D eigenvalue weighted by atomic mass is 32.1. The van der Waals surface area contributed by atoms with Gasteiger partial charge in [0.25, 0.3) is 5.91 Å². The van der Waals surface area contributed by atoms with Crippen molar-refractivity contribution < 1.29 is 4.79 Å². The molecule has 0 aliphatic rings. The zero-order valence-corrected chi connectivity index (χ0v) is 11.5. The van der Waals surface area contributed by atoms with Crippen LogP contribution < -0.4 is 11.3 Å². The van der Waals surface area contributed by atoms with E-state index >= 15 is 0 Å². The van der Waals surface area contributed by atoms with Crippen LogP contribution in [0.15, 0.2) is 11.4 Å². The van der Waals surface area contributed by atoms with Gasteiger partial charge in [0.2, 0.25) is 0 Å². The largest absolute Gasteiger partial charge is 0.299 e. The van der Waals surface area contributed by atoms with Gasteiger partial charge in [-0.15, -0.1) is 11.3 Å². The molecule has 1 aromatic heterocycles. The predicted molar refractivity (Wildman–Crippen MR) is 71.8 cm³/mol. The molecule has 0 aromatic carbocycles. The molecule has 96 valence electrons. The Bertz CT molecular complexity index is 360. The van der Waals surface area contributed by atoms with Gasteiger partial charge in [-0.1, -0.05) is 13.8 Å². The van der Waals surface area contributed by atoms with E-state index in [0.29, 0.717) is 10.9 Å². The van der Waals surface area contributed by atoms with E-state index in [0.717, 1.165) is 24.9 Å². The number of amides is 1. The van der Waals surface area contributed by atoms with E-state index in [9.17, 15) is 4.79 Å². The second-order valence-electron chi connectivity index (χ2n) is 4.13. The van der Waals surface area contributed by atoms with Crippen molar-refractivity contribution in [1.29, 1.82) is 0 Å². The first kappa shape index (κ1) is 14.2. The van der Waals surface area contributed by atoms with Gasteiger partial charge in [-0.2, -0.15) is 0 Å². The van der Waals surface area contributed by atoms with E-state index < -0.39 is 0 Å². The first-order valence-electron chi connectivity index (χ1n) is 5.91. The number of carbonyl (C=O) groups excluding carboxylic acids is 1. The summed E-state index contributed by atoms with van der Waals surface area (Å²) in [5, 5.41) is 1.93. The predicted octanol–water partition coefficient (Wildman–Crippen LogP) is 1.97. The van der Waals surface area contributed by atoms with E-state index in [4.69, 9.17) is 5.84 Å². The molecule has 0 spiro atoms. The molecule has 3 N–H and O–H groups in total. The third kappa shape index (κ3) is 3.52. The summed E-state index contributed by atoms with van der Waals surface area (Å²) in [5.41, 5.74) is 3.24. The fraction of sp³-hybridized carbons (Fsp3) is 0.583. The highest BCUT2D eigenvalue weighted by molar-refractivity contribution is 7.12. The SMILES string of the molecule is CCC(CC)N(C)Cc1ccsc1C(=O)NN. The Morgan fingerprint density at radius 1 is 1.53 bits per heavy atom. The second kappa shape index (κ2) is 6.74. The quantitative estimate of drug-likeness (QED) is 0.464. The van der Waals surface area contributed by atoms with Gasteiger partial charge >= 0.3 is 0 Å². The monoisotopic (exact) mass is 255 g/mol. The molecule has 1 amide bonds. The van der Waals surface area contributed by atoms with Crippen molar-refractivity contribution in [2.24, 2.45) is 5.84 Å². The van der Waals surface area contributed by atoms with Crippen molar-refractivity contribution in [2.45, 2.75) is 39.3 Å². The molecule has 17 heavy (non-hydrogen) atoms. The molecule has 0 radical (unpaired) electrons. The normalized spacial score (nSPS) is 11.2. The molecule has 4 nitrogen and oxygen atoms in total. The Labute approximate surface area is 107 Å². The van der Waals surface area contributed by atoms with E-state index in [1.165, 1.54) is 11.3 Å². The molecule has 0 unspecified atom stereocenters. The van der Waals surface area contributed by atoms with Crippen molar-refractivity contribution in [3.05, 3.63) is 21.9 Å². The number of nitrogens with two attached hydrogens (primary N) is 1. The van der Waals surface area contributed by atoms with E-state index in [1.54, 1.807) is 0 Å². The third-order valence-corrected chi connectivity index (χ3v) is 4.03. The van der Waals surface area contributed by atoms with Gasteiger partial charge in [-0.3, -0.25) is 15.1 Å². The fourth-order valence-corrected chi connectivity index (χ4v) is 2.85. The van der Waals surface area contributed by atoms with Crippen molar-refractivity contribution in [2.75, 3.05) is 7.05 Å². The number of hydrogen-bond donors (Lipinski definition) is 2. The minimum Gasteiger partial charge on any atom is -0.299 e. The van der Waals surface area contributed by atoms with Crippen LogP contribution in [0.1, 0.15) is 41.9 Å². The Hall–Kier alpha value is -0.910. The number of carbonyl (C=O) groups is 1. The lowest BCUT2D eigenvalue weighted by Crippen LogP contribution is -2.32. The van der Waals surface area contributed by atoms with Crippen molar-refractivity contribution in [3.8, 4) is 0 Å². The summed E-state index contributed by atoms with van der Waals surface area (Å²) in [6.07, 6.45) is 2.24. The van der Waals surface area contributed by atoms with Gasteiger partial charge < -0.3 is 0 Å². The van der Waals surface area contributed by atoms with Crippen LogP contribution in [-0.2, 0) is 6.54 Å². The van der Waals surface area contributed by atoms with Gasteiger partial charge in [0.15, 0.2) is 0 Å². The average Bonchev–Trinajstić information content (AvgIpc) is 2.77. The molecule has 5 heteroatoms. The Balaban J connectivity index is 2.74. The second-order valence-corrected chi connectivity index (χ2v) is 5.05. The molecule has 0 atom stereocenters. The van der Waals surface area contributed by atoms with Crippen molar-refractivity contribution in [3.63, 3.8) is 0 Å². The topological polar surface area (TPSA) is 58.4 Å². The lowest BCUT2D eigenvalue weighted by Gasteiger charge is -2.26. The summed E-state index contributed by atoms with van der Waals surface area (Å²) in [7, 11) is 2.10. The molecule has 1 rings (SSSR count). The number of hydrogen-bond acceptors (Lipinski definition) is 4. The molecule has 0 aliphatic carbocycles. The molecular formula is C12H21N3OS. The van der Waals surface area contributed by atoms with Crippen LogP contribution in [0.25, 0.3) is 0 Å². The fourth-order valence-electron chi connectivity index (χ4n) is 2.03. The first-order chi connectivity index (χ1) is 8.13. The number of hydrazine groups is 1. The molecule has 1 heterocycles. The average molecular weight is 255 g/mol. The van der Waals surface area contributed by atoms with E-state index in [-0.39, 0.29) is 5.91 Å². The maximum absolute atomic E-state index is 11.5. The van der Waals surface area contributed by atoms with Crippen LogP contribution in [-0.4, -0.2) is 23.9 Å². The smallest absolute Gasteiger partial charge is 0.275 e. The number of nitrogen functional groups attached to an aromatic ring is 1. The van der Waals surface area contributed by atoms with E-state index in [2.05, 4.69) is 31.2 Å².